The molecule has 1 aliphatic rings. The third-order valence-corrected chi connectivity index (χ3v) is 8.03. The molecule has 6 N–H and O–H groups in total. The second-order valence-corrected chi connectivity index (χ2v) is 12.0. The highest BCUT2D eigenvalue weighted by Gasteiger charge is 2.44. The lowest BCUT2D eigenvalue weighted by atomic mass is 9.99. The Labute approximate surface area is 260 Å². The SMILES string of the molecule is CCCC/C=C/CC/C=C/C(O)C(COC1OC(CO)C(O)C(O)C1O)NC(=O)CCCCCCCCCCCCCC. The minimum atomic E-state index is -1.56. The number of hydrogen-bond acceptors (Lipinski definition) is 8. The van der Waals surface area contributed by atoms with Gasteiger partial charge >= 0.3 is 0 Å². The number of carbonyl (C=O) groups is 1. The molecule has 1 fully saturated rings. The van der Waals surface area contributed by atoms with E-state index in [0.29, 0.717) is 6.42 Å². The Bertz CT molecular complexity index is 731. The summed E-state index contributed by atoms with van der Waals surface area (Å²) in [6, 6.07) is -0.812. The lowest BCUT2D eigenvalue weighted by Crippen LogP contribution is -2.60. The molecule has 43 heavy (non-hydrogen) atoms. The zero-order chi connectivity index (χ0) is 31.7. The summed E-state index contributed by atoms with van der Waals surface area (Å²) in [5.74, 6) is -0.194. The van der Waals surface area contributed by atoms with Crippen LogP contribution in [0, 0.1) is 0 Å². The summed E-state index contributed by atoms with van der Waals surface area (Å²) in [7, 11) is 0. The summed E-state index contributed by atoms with van der Waals surface area (Å²) in [5, 5.41) is 53.5. The highest BCUT2D eigenvalue weighted by atomic mass is 16.7. The normalized spacial score (nSPS) is 24.1. The first-order valence-electron chi connectivity index (χ1n) is 17.1. The van der Waals surface area contributed by atoms with E-state index in [1.807, 2.05) is 6.08 Å². The molecule has 7 unspecified atom stereocenters. The van der Waals surface area contributed by atoms with Crippen molar-refractivity contribution in [3.05, 3.63) is 24.3 Å². The van der Waals surface area contributed by atoms with E-state index in [1.165, 1.54) is 64.2 Å². The molecule has 7 atom stereocenters. The van der Waals surface area contributed by atoms with Crippen molar-refractivity contribution in [2.75, 3.05) is 13.2 Å². The number of carbonyl (C=O) groups excluding carboxylic acids is 1. The first-order valence-corrected chi connectivity index (χ1v) is 17.1. The van der Waals surface area contributed by atoms with Gasteiger partial charge in [-0.3, -0.25) is 4.79 Å². The van der Waals surface area contributed by atoms with Gasteiger partial charge in [-0.25, -0.2) is 0 Å². The maximum absolute atomic E-state index is 12.8. The smallest absolute Gasteiger partial charge is 0.220 e. The molecule has 0 aromatic rings. The predicted molar refractivity (Wildman–Crippen MR) is 170 cm³/mol. The molecule has 1 aliphatic heterocycles. The van der Waals surface area contributed by atoms with E-state index in [4.69, 9.17) is 9.47 Å². The second kappa shape index (κ2) is 25.9. The van der Waals surface area contributed by atoms with Gasteiger partial charge in [0.1, 0.15) is 24.4 Å². The number of allylic oxidation sites excluding steroid dienone is 3. The van der Waals surface area contributed by atoms with Gasteiger partial charge in [0.15, 0.2) is 6.29 Å². The molecule has 0 bridgehead atoms. The third-order valence-electron chi connectivity index (χ3n) is 8.03. The van der Waals surface area contributed by atoms with Crippen molar-refractivity contribution >= 4 is 5.91 Å². The van der Waals surface area contributed by atoms with Crippen LogP contribution in [-0.4, -0.2) is 87.5 Å². The fraction of sp³-hybridized carbons (Fsp3) is 0.853. The van der Waals surface area contributed by atoms with Crippen molar-refractivity contribution in [3.8, 4) is 0 Å². The average molecular weight is 614 g/mol. The Balaban J connectivity index is 2.51. The predicted octanol–water partition coefficient (Wildman–Crippen LogP) is 4.82. The molecule has 1 rings (SSSR count). The first-order chi connectivity index (χ1) is 20.8. The number of hydrogen-bond donors (Lipinski definition) is 6. The Kier molecular flexibility index (Phi) is 23.9. The minimum Gasteiger partial charge on any atom is -0.394 e. The quantitative estimate of drug-likeness (QED) is 0.0601. The first kappa shape index (κ1) is 39.7. The number of amides is 1. The fourth-order valence-corrected chi connectivity index (χ4v) is 5.15. The van der Waals surface area contributed by atoms with Crippen molar-refractivity contribution in [1.29, 1.82) is 0 Å². The number of nitrogens with one attached hydrogen (secondary N) is 1. The zero-order valence-corrected chi connectivity index (χ0v) is 27.0. The van der Waals surface area contributed by atoms with Crippen LogP contribution >= 0.6 is 0 Å². The van der Waals surface area contributed by atoms with E-state index in [9.17, 15) is 30.3 Å². The zero-order valence-electron chi connectivity index (χ0n) is 27.0. The van der Waals surface area contributed by atoms with E-state index in [0.717, 1.165) is 44.9 Å². The van der Waals surface area contributed by atoms with Crippen molar-refractivity contribution in [3.63, 3.8) is 0 Å². The Morgan fingerprint density at radius 3 is 1.93 bits per heavy atom. The molecule has 0 radical (unpaired) electrons. The maximum atomic E-state index is 12.8. The number of unbranched alkanes of at least 4 members (excludes halogenated alkanes) is 14. The van der Waals surface area contributed by atoms with Gasteiger partial charge in [0, 0.05) is 6.42 Å². The summed E-state index contributed by atoms with van der Waals surface area (Å²) < 4.78 is 11.1. The summed E-state index contributed by atoms with van der Waals surface area (Å²) in [6.45, 7) is 3.63. The molecule has 0 spiro atoms. The summed E-state index contributed by atoms with van der Waals surface area (Å²) >= 11 is 0. The van der Waals surface area contributed by atoms with Crippen molar-refractivity contribution in [2.24, 2.45) is 0 Å². The molecular formula is C34H63NO8. The van der Waals surface area contributed by atoms with Gasteiger partial charge in [0.25, 0.3) is 0 Å². The Morgan fingerprint density at radius 1 is 0.767 bits per heavy atom. The highest BCUT2D eigenvalue weighted by Crippen LogP contribution is 2.22. The fourth-order valence-electron chi connectivity index (χ4n) is 5.15. The average Bonchev–Trinajstić information content (AvgIpc) is 3.00. The van der Waals surface area contributed by atoms with E-state index in [1.54, 1.807) is 6.08 Å². The van der Waals surface area contributed by atoms with Gasteiger partial charge in [-0.15, -0.1) is 0 Å². The molecule has 1 saturated heterocycles. The number of ether oxygens (including phenoxy) is 2. The molecule has 1 heterocycles. The molecule has 1 amide bonds. The van der Waals surface area contributed by atoms with Gasteiger partial charge in [-0.05, 0) is 25.7 Å². The van der Waals surface area contributed by atoms with Crippen LogP contribution in [0.2, 0.25) is 0 Å². The van der Waals surface area contributed by atoms with Crippen molar-refractivity contribution in [2.45, 2.75) is 172 Å². The largest absolute Gasteiger partial charge is 0.394 e. The molecule has 0 aromatic heterocycles. The molecule has 9 heteroatoms. The Morgan fingerprint density at radius 2 is 1.33 bits per heavy atom. The topological polar surface area (TPSA) is 149 Å². The van der Waals surface area contributed by atoms with Crippen LogP contribution in [0.1, 0.15) is 129 Å². The van der Waals surface area contributed by atoms with Crippen LogP contribution < -0.4 is 5.32 Å². The van der Waals surface area contributed by atoms with Gasteiger partial charge < -0.3 is 40.3 Å². The molecule has 252 valence electrons. The molecular weight excluding hydrogens is 550 g/mol. The van der Waals surface area contributed by atoms with Gasteiger partial charge in [0.05, 0.1) is 25.4 Å². The summed E-state index contributed by atoms with van der Waals surface area (Å²) in [6.07, 6.45) is 19.5. The van der Waals surface area contributed by atoms with Crippen LogP contribution in [-0.2, 0) is 14.3 Å². The van der Waals surface area contributed by atoms with Crippen molar-refractivity contribution < 1.29 is 39.8 Å². The van der Waals surface area contributed by atoms with E-state index in [2.05, 4.69) is 31.3 Å². The number of aliphatic hydroxyl groups excluding tert-OH is 5. The minimum absolute atomic E-state index is 0.194. The van der Waals surface area contributed by atoms with E-state index >= 15 is 0 Å². The van der Waals surface area contributed by atoms with Crippen LogP contribution in [0.4, 0.5) is 0 Å². The van der Waals surface area contributed by atoms with Crippen LogP contribution in [0.3, 0.4) is 0 Å². The molecule has 0 aliphatic carbocycles. The van der Waals surface area contributed by atoms with E-state index < -0.39 is 49.5 Å². The van der Waals surface area contributed by atoms with Crippen molar-refractivity contribution in [1.82, 2.24) is 5.32 Å². The maximum Gasteiger partial charge on any atom is 0.220 e. The highest BCUT2D eigenvalue weighted by molar-refractivity contribution is 5.76. The van der Waals surface area contributed by atoms with Gasteiger partial charge in [-0.2, -0.15) is 0 Å². The summed E-state index contributed by atoms with van der Waals surface area (Å²) in [4.78, 5) is 12.8. The number of rotatable bonds is 26. The van der Waals surface area contributed by atoms with E-state index in [-0.39, 0.29) is 12.5 Å². The lowest BCUT2D eigenvalue weighted by Gasteiger charge is -2.40. The van der Waals surface area contributed by atoms with Crippen LogP contribution in [0.5, 0.6) is 0 Å². The molecule has 9 nitrogen and oxygen atoms in total. The summed E-state index contributed by atoms with van der Waals surface area (Å²) in [5.41, 5.74) is 0. The van der Waals surface area contributed by atoms with Gasteiger partial charge in [-0.1, -0.05) is 122 Å². The van der Waals surface area contributed by atoms with Crippen LogP contribution in [0.25, 0.3) is 0 Å². The standard InChI is InChI=1S/C34H63NO8/c1-3-5-7-9-11-13-14-15-16-18-20-22-24-30(38)35-27(28(37)23-21-19-17-12-10-8-6-4-2)26-42-34-33(41)32(40)31(39)29(25-36)43-34/h10,12,21,23,27-29,31-34,36-37,39-41H,3-9,11,13-20,22,24-26H2,1-2H3,(H,35,38)/b12-10+,23-21+. The number of aliphatic hydroxyl groups is 5. The third kappa shape index (κ3) is 18.3. The molecule has 0 aromatic carbocycles. The molecule has 0 saturated carbocycles. The Hall–Kier alpha value is -1.33. The lowest BCUT2D eigenvalue weighted by molar-refractivity contribution is -0.302. The monoisotopic (exact) mass is 613 g/mol. The second-order valence-electron chi connectivity index (χ2n) is 12.0. The van der Waals surface area contributed by atoms with Gasteiger partial charge in [0.2, 0.25) is 5.91 Å². The van der Waals surface area contributed by atoms with Crippen LogP contribution in [0.15, 0.2) is 24.3 Å².